The number of aromatic nitrogens is 2. The molecule has 0 aliphatic carbocycles. The molecule has 2 aromatic carbocycles. The van der Waals surface area contributed by atoms with Crippen LogP contribution in [0.4, 0.5) is 11.5 Å². The first kappa shape index (κ1) is 23.5. The van der Waals surface area contributed by atoms with E-state index in [0.717, 1.165) is 5.82 Å². The van der Waals surface area contributed by atoms with Gasteiger partial charge in [-0.3, -0.25) is 9.78 Å². The molecule has 11 heteroatoms. The smallest absolute Gasteiger partial charge is 0.263 e. The van der Waals surface area contributed by atoms with Gasteiger partial charge in [0, 0.05) is 44.3 Å². The maximum atomic E-state index is 13.1. The van der Waals surface area contributed by atoms with Crippen molar-refractivity contribution < 1.29 is 22.7 Å². The van der Waals surface area contributed by atoms with Crippen molar-refractivity contribution in [3.05, 3.63) is 66.6 Å². The summed E-state index contributed by atoms with van der Waals surface area (Å²) in [6.07, 6.45) is 4.88. The average Bonchev–Trinajstić information content (AvgIpc) is 2.89. The number of hydrogen-bond donors (Lipinski definition) is 1. The second-order valence-electron chi connectivity index (χ2n) is 7.47. The van der Waals surface area contributed by atoms with Crippen LogP contribution in [0.2, 0.25) is 0 Å². The van der Waals surface area contributed by atoms with Crippen LogP contribution in [0.1, 0.15) is 10.4 Å². The number of benzene rings is 2. The molecular formula is C23H25N5O5S. The van der Waals surface area contributed by atoms with Crippen molar-refractivity contribution >= 4 is 27.4 Å². The molecule has 0 radical (unpaired) electrons. The number of hydrogen-bond acceptors (Lipinski definition) is 8. The Morgan fingerprint density at radius 1 is 0.941 bits per heavy atom. The summed E-state index contributed by atoms with van der Waals surface area (Å²) in [6.45, 7) is 1.72. The van der Waals surface area contributed by atoms with Gasteiger partial charge in [0.15, 0.2) is 0 Å². The number of methoxy groups -OCH3 is 2. The van der Waals surface area contributed by atoms with Gasteiger partial charge >= 0.3 is 0 Å². The average molecular weight is 484 g/mol. The molecule has 1 fully saturated rings. The van der Waals surface area contributed by atoms with E-state index < -0.39 is 15.9 Å². The lowest BCUT2D eigenvalue weighted by Gasteiger charge is -2.34. The molecule has 4 rings (SSSR count). The van der Waals surface area contributed by atoms with Crippen molar-refractivity contribution in [2.45, 2.75) is 4.90 Å². The number of anilines is 2. The fraction of sp³-hybridized carbons (Fsp3) is 0.261. The number of amides is 1. The third-order valence-electron chi connectivity index (χ3n) is 5.52. The molecule has 10 nitrogen and oxygen atoms in total. The van der Waals surface area contributed by atoms with Crippen LogP contribution in [0, 0.1) is 0 Å². The summed E-state index contributed by atoms with van der Waals surface area (Å²) in [7, 11) is -0.727. The number of carbonyl (C=O) groups is 1. The molecule has 1 aliphatic rings. The zero-order valence-electron chi connectivity index (χ0n) is 18.8. The Balaban J connectivity index is 1.44. The number of carbonyl (C=O) groups excluding carboxylic acids is 1. The van der Waals surface area contributed by atoms with Crippen LogP contribution in [0.25, 0.3) is 0 Å². The van der Waals surface area contributed by atoms with Gasteiger partial charge in [-0.05, 0) is 36.4 Å². The summed E-state index contributed by atoms with van der Waals surface area (Å²) in [5.74, 6) is 1.05. The van der Waals surface area contributed by atoms with E-state index in [-0.39, 0.29) is 10.5 Å². The molecule has 1 N–H and O–H groups in total. The quantitative estimate of drug-likeness (QED) is 0.544. The molecule has 3 aromatic rings. The van der Waals surface area contributed by atoms with Crippen molar-refractivity contribution in [2.24, 2.45) is 0 Å². The topological polar surface area (TPSA) is 114 Å². The summed E-state index contributed by atoms with van der Waals surface area (Å²) < 4.78 is 38.2. The van der Waals surface area contributed by atoms with Gasteiger partial charge in [-0.15, -0.1) is 0 Å². The van der Waals surface area contributed by atoms with Gasteiger partial charge in [0.05, 0.1) is 25.3 Å². The van der Waals surface area contributed by atoms with E-state index in [1.807, 2.05) is 4.90 Å². The Morgan fingerprint density at radius 3 is 2.15 bits per heavy atom. The maximum Gasteiger partial charge on any atom is 0.263 e. The lowest BCUT2D eigenvalue weighted by atomic mass is 10.1. The highest BCUT2D eigenvalue weighted by atomic mass is 32.2. The van der Waals surface area contributed by atoms with Crippen LogP contribution in [-0.4, -0.2) is 69.0 Å². The first-order valence-corrected chi connectivity index (χ1v) is 12.0. The van der Waals surface area contributed by atoms with Gasteiger partial charge < -0.3 is 19.7 Å². The molecule has 2 heterocycles. The Kier molecular flexibility index (Phi) is 6.94. The summed E-state index contributed by atoms with van der Waals surface area (Å²) in [6, 6.07) is 11.1. The molecule has 1 aromatic heterocycles. The first-order valence-electron chi connectivity index (χ1n) is 10.6. The summed E-state index contributed by atoms with van der Waals surface area (Å²) in [5, 5.41) is 2.76. The Morgan fingerprint density at radius 2 is 1.59 bits per heavy atom. The molecule has 0 atom stereocenters. The summed E-state index contributed by atoms with van der Waals surface area (Å²) in [5.41, 5.74) is 0.703. The molecular weight excluding hydrogens is 458 g/mol. The van der Waals surface area contributed by atoms with Crippen molar-refractivity contribution in [1.29, 1.82) is 0 Å². The maximum absolute atomic E-state index is 13.1. The van der Waals surface area contributed by atoms with Gasteiger partial charge in [-0.25, -0.2) is 13.4 Å². The standard InChI is InChI=1S/C23H25N5O5S/c1-32-19-4-3-5-20(33-2)22(19)23(29)26-17-6-8-18(9-7-17)34(30,31)28-14-12-27(13-15-28)21-16-24-10-11-25-21/h3-11,16H,12-15H2,1-2H3,(H,26,29). The highest BCUT2D eigenvalue weighted by Crippen LogP contribution is 2.29. The van der Waals surface area contributed by atoms with E-state index in [1.165, 1.54) is 30.7 Å². The molecule has 1 aliphatic heterocycles. The third kappa shape index (κ3) is 4.80. The van der Waals surface area contributed by atoms with Gasteiger partial charge in [0.25, 0.3) is 5.91 Å². The molecule has 34 heavy (non-hydrogen) atoms. The predicted molar refractivity (Wildman–Crippen MR) is 127 cm³/mol. The minimum atomic E-state index is -3.67. The molecule has 1 amide bonds. The van der Waals surface area contributed by atoms with Crippen LogP contribution in [0.5, 0.6) is 11.5 Å². The zero-order valence-corrected chi connectivity index (χ0v) is 19.7. The van der Waals surface area contributed by atoms with Crippen LogP contribution < -0.4 is 19.7 Å². The Hall–Kier alpha value is -3.70. The van der Waals surface area contributed by atoms with Gasteiger partial charge in [0.2, 0.25) is 10.0 Å². The van der Waals surface area contributed by atoms with Gasteiger partial charge in [0.1, 0.15) is 22.9 Å². The summed E-state index contributed by atoms with van der Waals surface area (Å²) >= 11 is 0. The highest BCUT2D eigenvalue weighted by molar-refractivity contribution is 7.89. The summed E-state index contributed by atoms with van der Waals surface area (Å²) in [4.78, 5) is 23.3. The van der Waals surface area contributed by atoms with Crippen LogP contribution in [0.3, 0.4) is 0 Å². The van der Waals surface area contributed by atoms with E-state index in [9.17, 15) is 13.2 Å². The van der Waals surface area contributed by atoms with Gasteiger partial charge in [-0.2, -0.15) is 4.31 Å². The minimum absolute atomic E-state index is 0.160. The van der Waals surface area contributed by atoms with Crippen molar-refractivity contribution in [3.8, 4) is 11.5 Å². The predicted octanol–water partition coefficient (Wildman–Crippen LogP) is 2.26. The highest BCUT2D eigenvalue weighted by Gasteiger charge is 2.29. The largest absolute Gasteiger partial charge is 0.496 e. The van der Waals surface area contributed by atoms with Crippen molar-refractivity contribution in [3.63, 3.8) is 0 Å². The lowest BCUT2D eigenvalue weighted by Crippen LogP contribution is -2.48. The second kappa shape index (κ2) is 10.1. The lowest BCUT2D eigenvalue weighted by molar-refractivity contribution is 0.102. The molecule has 0 unspecified atom stereocenters. The van der Waals surface area contributed by atoms with Crippen molar-refractivity contribution in [2.75, 3.05) is 50.6 Å². The van der Waals surface area contributed by atoms with Crippen molar-refractivity contribution in [1.82, 2.24) is 14.3 Å². The number of nitrogens with one attached hydrogen (secondary N) is 1. The number of nitrogens with zero attached hydrogens (tertiary/aromatic N) is 4. The zero-order chi connectivity index (χ0) is 24.1. The van der Waals surface area contributed by atoms with Crippen LogP contribution >= 0.6 is 0 Å². The van der Waals surface area contributed by atoms with Crippen LogP contribution in [0.15, 0.2) is 66.0 Å². The molecule has 1 saturated heterocycles. The third-order valence-corrected chi connectivity index (χ3v) is 7.43. The Bertz CT molecular complexity index is 1220. The fourth-order valence-corrected chi connectivity index (χ4v) is 5.16. The first-order chi connectivity index (χ1) is 16.4. The monoisotopic (exact) mass is 483 g/mol. The van der Waals surface area contributed by atoms with E-state index >= 15 is 0 Å². The van der Waals surface area contributed by atoms with Crippen LogP contribution in [-0.2, 0) is 10.0 Å². The normalized spacial score (nSPS) is 14.5. The molecule has 0 bridgehead atoms. The SMILES string of the molecule is COc1cccc(OC)c1C(=O)Nc1ccc(S(=O)(=O)N2CCN(c3cnccn3)CC2)cc1. The second-order valence-corrected chi connectivity index (χ2v) is 9.41. The Labute approximate surface area is 198 Å². The minimum Gasteiger partial charge on any atom is -0.496 e. The van der Waals surface area contributed by atoms with E-state index in [1.54, 1.807) is 48.9 Å². The number of rotatable bonds is 7. The van der Waals surface area contributed by atoms with E-state index in [4.69, 9.17) is 9.47 Å². The van der Waals surface area contributed by atoms with E-state index in [0.29, 0.717) is 43.4 Å². The molecule has 0 spiro atoms. The number of ether oxygens (including phenoxy) is 2. The van der Waals surface area contributed by atoms with E-state index in [2.05, 4.69) is 15.3 Å². The molecule has 178 valence electrons. The number of piperazine rings is 1. The van der Waals surface area contributed by atoms with Gasteiger partial charge in [-0.1, -0.05) is 6.07 Å². The molecule has 0 saturated carbocycles. The number of sulfonamides is 1. The fourth-order valence-electron chi connectivity index (χ4n) is 3.74.